The van der Waals surface area contributed by atoms with Crippen LogP contribution >= 0.6 is 0 Å². The molecule has 1 atom stereocenters. The Hall–Kier alpha value is -0.0800. The molecule has 0 heterocycles. The third-order valence-electron chi connectivity index (χ3n) is 1.99. The molecule has 2 heteroatoms. The van der Waals surface area contributed by atoms with Gasteiger partial charge in [0.25, 0.3) is 0 Å². The molecule has 0 radical (unpaired) electrons. The first-order valence-electron chi connectivity index (χ1n) is 4.91. The van der Waals surface area contributed by atoms with Crippen LogP contribution in [0.4, 0.5) is 0 Å². The van der Waals surface area contributed by atoms with E-state index in [1.54, 1.807) is 7.11 Å². The molecule has 0 bridgehead atoms. The van der Waals surface area contributed by atoms with Gasteiger partial charge in [-0.15, -0.1) is 0 Å². The van der Waals surface area contributed by atoms with Crippen molar-refractivity contribution in [3.05, 3.63) is 0 Å². The zero-order valence-corrected chi connectivity index (χ0v) is 8.68. The largest absolute Gasteiger partial charge is 0.383 e. The zero-order chi connectivity index (χ0) is 9.40. The maximum Gasteiger partial charge on any atom is 0.0613 e. The number of rotatable bonds is 7. The number of nitrogens with two attached hydrogens (primary N) is 1. The standard InChI is InChI=1S/C10H23NO/c1-9(2)6-4-5-7-10(11)8-12-3/h9-10H,4-8,11H2,1-3H3. The molecule has 0 aliphatic carbocycles. The molecule has 0 fully saturated rings. The summed E-state index contributed by atoms with van der Waals surface area (Å²) in [7, 11) is 1.70. The molecule has 0 saturated carbocycles. The molecule has 0 aromatic rings. The molecule has 74 valence electrons. The summed E-state index contributed by atoms with van der Waals surface area (Å²) in [5.74, 6) is 0.823. The highest BCUT2D eigenvalue weighted by molar-refractivity contribution is 4.59. The molecule has 0 rings (SSSR count). The average Bonchev–Trinajstić information content (AvgIpc) is 1.98. The lowest BCUT2D eigenvalue weighted by atomic mass is 10.0. The topological polar surface area (TPSA) is 35.2 Å². The van der Waals surface area contributed by atoms with Crippen LogP contribution < -0.4 is 5.73 Å². The number of hydrogen-bond acceptors (Lipinski definition) is 2. The normalized spacial score (nSPS) is 13.8. The minimum Gasteiger partial charge on any atom is -0.383 e. The molecular weight excluding hydrogens is 150 g/mol. The Morgan fingerprint density at radius 3 is 2.25 bits per heavy atom. The van der Waals surface area contributed by atoms with Crippen LogP contribution in [0, 0.1) is 5.92 Å². The predicted octanol–water partition coefficient (Wildman–Crippen LogP) is 2.18. The first-order valence-corrected chi connectivity index (χ1v) is 4.91. The highest BCUT2D eigenvalue weighted by atomic mass is 16.5. The van der Waals surface area contributed by atoms with E-state index in [0.717, 1.165) is 12.3 Å². The van der Waals surface area contributed by atoms with E-state index < -0.39 is 0 Å². The zero-order valence-electron chi connectivity index (χ0n) is 8.68. The van der Waals surface area contributed by atoms with Crippen LogP contribution in [-0.4, -0.2) is 19.8 Å². The smallest absolute Gasteiger partial charge is 0.0613 e. The van der Waals surface area contributed by atoms with Gasteiger partial charge in [-0.25, -0.2) is 0 Å². The minimum absolute atomic E-state index is 0.238. The van der Waals surface area contributed by atoms with Gasteiger partial charge in [0.2, 0.25) is 0 Å². The second kappa shape index (κ2) is 7.56. The van der Waals surface area contributed by atoms with Crippen LogP contribution in [0.15, 0.2) is 0 Å². The molecule has 2 nitrogen and oxygen atoms in total. The molecule has 0 saturated heterocycles. The maximum atomic E-state index is 5.78. The van der Waals surface area contributed by atoms with Crippen molar-refractivity contribution in [3.63, 3.8) is 0 Å². The summed E-state index contributed by atoms with van der Waals surface area (Å²) >= 11 is 0. The van der Waals surface area contributed by atoms with Crippen LogP contribution in [0.25, 0.3) is 0 Å². The van der Waals surface area contributed by atoms with Crippen molar-refractivity contribution in [2.45, 2.75) is 45.6 Å². The van der Waals surface area contributed by atoms with Crippen LogP contribution in [0.3, 0.4) is 0 Å². The molecule has 0 aromatic carbocycles. The van der Waals surface area contributed by atoms with E-state index in [4.69, 9.17) is 10.5 Å². The van der Waals surface area contributed by atoms with E-state index in [-0.39, 0.29) is 6.04 Å². The molecule has 0 amide bonds. The van der Waals surface area contributed by atoms with Crippen molar-refractivity contribution < 1.29 is 4.74 Å². The van der Waals surface area contributed by atoms with E-state index >= 15 is 0 Å². The second-order valence-corrected chi connectivity index (χ2v) is 3.89. The molecule has 0 spiro atoms. The molecule has 0 aliphatic rings. The highest BCUT2D eigenvalue weighted by Crippen LogP contribution is 2.08. The quantitative estimate of drug-likeness (QED) is 0.599. The lowest BCUT2D eigenvalue weighted by molar-refractivity contribution is 0.175. The molecular formula is C10H23NO. The van der Waals surface area contributed by atoms with Gasteiger partial charge in [0.15, 0.2) is 0 Å². The van der Waals surface area contributed by atoms with Crippen molar-refractivity contribution in [2.75, 3.05) is 13.7 Å². The number of methoxy groups -OCH3 is 1. The lowest BCUT2D eigenvalue weighted by Gasteiger charge is -2.10. The molecule has 0 aliphatic heterocycles. The summed E-state index contributed by atoms with van der Waals surface area (Å²) < 4.78 is 4.96. The fraction of sp³-hybridized carbons (Fsp3) is 1.00. The van der Waals surface area contributed by atoms with Crippen molar-refractivity contribution in [1.29, 1.82) is 0 Å². The van der Waals surface area contributed by atoms with Gasteiger partial charge in [-0.2, -0.15) is 0 Å². The monoisotopic (exact) mass is 173 g/mol. The third-order valence-corrected chi connectivity index (χ3v) is 1.99. The number of unbranched alkanes of at least 4 members (excludes halogenated alkanes) is 1. The fourth-order valence-corrected chi connectivity index (χ4v) is 1.26. The molecule has 2 N–H and O–H groups in total. The Kier molecular flexibility index (Phi) is 7.51. The van der Waals surface area contributed by atoms with Gasteiger partial charge in [-0.1, -0.05) is 33.1 Å². The Balaban J connectivity index is 3.08. The number of hydrogen-bond donors (Lipinski definition) is 1. The van der Waals surface area contributed by atoms with E-state index in [1.807, 2.05) is 0 Å². The average molecular weight is 173 g/mol. The third kappa shape index (κ3) is 8.02. The minimum atomic E-state index is 0.238. The van der Waals surface area contributed by atoms with Gasteiger partial charge in [-0.3, -0.25) is 0 Å². The van der Waals surface area contributed by atoms with Gasteiger partial charge < -0.3 is 10.5 Å². The van der Waals surface area contributed by atoms with Crippen molar-refractivity contribution >= 4 is 0 Å². The Morgan fingerprint density at radius 2 is 1.75 bits per heavy atom. The second-order valence-electron chi connectivity index (χ2n) is 3.89. The van der Waals surface area contributed by atoms with E-state index in [9.17, 15) is 0 Å². The van der Waals surface area contributed by atoms with Crippen LogP contribution in [0.2, 0.25) is 0 Å². The van der Waals surface area contributed by atoms with Crippen LogP contribution in [0.5, 0.6) is 0 Å². The molecule has 0 aromatic heterocycles. The molecule has 1 unspecified atom stereocenters. The van der Waals surface area contributed by atoms with Crippen molar-refractivity contribution in [3.8, 4) is 0 Å². The summed E-state index contributed by atoms with van der Waals surface area (Å²) in [5.41, 5.74) is 5.78. The van der Waals surface area contributed by atoms with Gasteiger partial charge in [0.1, 0.15) is 0 Å². The van der Waals surface area contributed by atoms with Gasteiger partial charge in [0.05, 0.1) is 6.61 Å². The fourth-order valence-electron chi connectivity index (χ4n) is 1.26. The number of ether oxygens (including phenoxy) is 1. The van der Waals surface area contributed by atoms with Gasteiger partial charge in [-0.05, 0) is 12.3 Å². The first-order chi connectivity index (χ1) is 5.66. The maximum absolute atomic E-state index is 5.78. The van der Waals surface area contributed by atoms with Crippen LogP contribution in [-0.2, 0) is 4.74 Å². The summed E-state index contributed by atoms with van der Waals surface area (Å²) in [5, 5.41) is 0. The predicted molar refractivity (Wildman–Crippen MR) is 53.2 cm³/mol. The van der Waals surface area contributed by atoms with E-state index in [1.165, 1.54) is 19.3 Å². The highest BCUT2D eigenvalue weighted by Gasteiger charge is 2.01. The lowest BCUT2D eigenvalue weighted by Crippen LogP contribution is -2.25. The van der Waals surface area contributed by atoms with E-state index in [2.05, 4.69) is 13.8 Å². The summed E-state index contributed by atoms with van der Waals surface area (Å²) in [6.45, 7) is 5.21. The SMILES string of the molecule is COCC(N)CCCCC(C)C. The Labute approximate surface area is 76.5 Å². The Bertz CT molecular complexity index is 93.8. The van der Waals surface area contributed by atoms with Crippen LogP contribution in [0.1, 0.15) is 39.5 Å². The first kappa shape index (κ1) is 11.9. The summed E-state index contributed by atoms with van der Waals surface area (Å²) in [6.07, 6.45) is 4.96. The van der Waals surface area contributed by atoms with Gasteiger partial charge in [0, 0.05) is 13.2 Å². The van der Waals surface area contributed by atoms with E-state index in [0.29, 0.717) is 6.61 Å². The Morgan fingerprint density at radius 1 is 1.17 bits per heavy atom. The summed E-state index contributed by atoms with van der Waals surface area (Å²) in [4.78, 5) is 0. The van der Waals surface area contributed by atoms with Crippen molar-refractivity contribution in [1.82, 2.24) is 0 Å². The summed E-state index contributed by atoms with van der Waals surface area (Å²) in [6, 6.07) is 0.238. The van der Waals surface area contributed by atoms with Gasteiger partial charge >= 0.3 is 0 Å². The molecule has 12 heavy (non-hydrogen) atoms. The van der Waals surface area contributed by atoms with Crippen molar-refractivity contribution in [2.24, 2.45) is 11.7 Å².